The van der Waals surface area contributed by atoms with Crippen molar-refractivity contribution in [2.45, 2.75) is 173 Å². The van der Waals surface area contributed by atoms with E-state index in [0.717, 1.165) is 32.5 Å². The fourth-order valence-corrected chi connectivity index (χ4v) is 13.1. The summed E-state index contributed by atoms with van der Waals surface area (Å²) >= 11 is 0. The molecule has 1 aliphatic rings. The number of nitrogens with zero attached hydrogens (tertiary/aromatic N) is 1. The smallest absolute Gasteiger partial charge is 0.326 e. The van der Waals surface area contributed by atoms with Gasteiger partial charge in [-0.3, -0.25) is 52.7 Å². The number of nitrogens with two attached hydrogens (primary N) is 1. The molecule has 0 bridgehead atoms. The number of para-hydroxylation sites is 1. The summed E-state index contributed by atoms with van der Waals surface area (Å²) in [7, 11) is 2.11. The average molecular weight is 1410 g/mol. The standard InChI is InChI=1S/C68H92N14O15S2/c1-9-37(7)56(66(94)78-52(68(96)97)27-41-30-71-46-19-15-14-18-44(41)46)82-67(95)57(38(8)10-2)81-63(91)51(29-54(84)85)76-59(87)47(24-35(3)4)73-62(90)50(28-42-31-70-34-72-42)75-64(92)53-33-99-98-32-45(69)58(86)80-55(36(5)6)65(93)77-49(26-40-20-22-43(83)23-21-40)60(88)74-48(61(89)79-53)25-39-16-12-11-13-17-39/h11-23,30-31,34-38,45,47-53,55-57,71,83H,9-10,24-29,32-33,69H2,1-8H3,(H,70,72)(H,73,90)(H,74,88)(H,75,92)(H,76,87)(H,77,93)(H,78,94)(H,79,89)(H,80,86)(H,81,91)(H,82,95)(H,84,85)(H,96,97)/t37-,38-,45-,47-,48-,49-,50-,51-,52-,53-,55-,56-,57-/m0/s1. The molecule has 99 heavy (non-hydrogen) atoms. The number of carboxylic acids is 2. The van der Waals surface area contributed by atoms with E-state index in [9.17, 15) is 72.9 Å². The first kappa shape index (κ1) is 78.5. The Balaban J connectivity index is 1.24. The second-order valence-corrected chi connectivity index (χ2v) is 28.1. The molecule has 5 aromatic rings. The van der Waals surface area contributed by atoms with Crippen molar-refractivity contribution >= 4 is 104 Å². The van der Waals surface area contributed by atoms with E-state index in [2.05, 4.69) is 68.1 Å². The van der Waals surface area contributed by atoms with Crippen LogP contribution in [0.2, 0.25) is 0 Å². The predicted octanol–water partition coefficient (Wildman–Crippen LogP) is 1.79. The van der Waals surface area contributed by atoms with Crippen molar-refractivity contribution in [1.82, 2.24) is 68.1 Å². The molecule has 1 fully saturated rings. The number of aliphatic carboxylic acids is 2. The molecule has 3 aromatic carbocycles. The number of benzene rings is 3. The van der Waals surface area contributed by atoms with E-state index < -0.39 is 162 Å². The second-order valence-electron chi connectivity index (χ2n) is 25.5. The minimum absolute atomic E-state index is 0.0520. The number of nitrogens with one attached hydrogen (secondary N) is 12. The van der Waals surface area contributed by atoms with Gasteiger partial charge in [-0.25, -0.2) is 9.78 Å². The highest BCUT2D eigenvalue weighted by atomic mass is 33.1. The van der Waals surface area contributed by atoms with Crippen molar-refractivity contribution in [3.63, 3.8) is 0 Å². The molecule has 13 atom stereocenters. The highest BCUT2D eigenvalue weighted by Gasteiger charge is 2.39. The number of carbonyl (C=O) groups is 12. The number of amides is 10. The lowest BCUT2D eigenvalue weighted by Crippen LogP contribution is -2.62. The number of phenolic OH excluding ortho intramolecular Hbond substituents is 1. The van der Waals surface area contributed by atoms with Gasteiger partial charge in [0, 0.05) is 66.2 Å². The van der Waals surface area contributed by atoms with E-state index in [4.69, 9.17) is 5.73 Å². The third kappa shape index (κ3) is 23.9. The first-order valence-electron chi connectivity index (χ1n) is 32.9. The molecule has 2 aromatic heterocycles. The van der Waals surface area contributed by atoms with Crippen LogP contribution in [-0.2, 0) is 83.2 Å². The number of carbonyl (C=O) groups excluding carboxylic acids is 10. The molecule has 29 nitrogen and oxygen atoms in total. The summed E-state index contributed by atoms with van der Waals surface area (Å²) in [5.41, 5.74) is 9.17. The van der Waals surface area contributed by atoms with Crippen LogP contribution in [0.4, 0.5) is 0 Å². The number of carboxylic acid groups (broad SMARTS) is 2. The maximum atomic E-state index is 14.9. The Morgan fingerprint density at radius 3 is 1.73 bits per heavy atom. The number of hydrogen-bond acceptors (Lipinski definition) is 17. The highest BCUT2D eigenvalue weighted by molar-refractivity contribution is 8.76. The number of phenols is 1. The molecule has 536 valence electrons. The van der Waals surface area contributed by atoms with Crippen molar-refractivity contribution in [1.29, 1.82) is 0 Å². The van der Waals surface area contributed by atoms with E-state index in [1.54, 1.807) is 110 Å². The van der Waals surface area contributed by atoms with Crippen molar-refractivity contribution in [2.75, 3.05) is 11.5 Å². The minimum atomic E-state index is -1.87. The Bertz CT molecular complexity index is 3600. The number of aromatic hydroxyl groups is 1. The molecular formula is C68H92N14O15S2. The van der Waals surface area contributed by atoms with Gasteiger partial charge in [0.25, 0.3) is 0 Å². The van der Waals surface area contributed by atoms with Crippen LogP contribution in [0.5, 0.6) is 5.75 Å². The van der Waals surface area contributed by atoms with Crippen molar-refractivity contribution in [3.05, 3.63) is 120 Å². The van der Waals surface area contributed by atoms with Gasteiger partial charge >= 0.3 is 11.9 Å². The van der Waals surface area contributed by atoms with Crippen LogP contribution in [0.15, 0.2) is 97.6 Å². The monoisotopic (exact) mass is 1410 g/mol. The molecule has 3 heterocycles. The van der Waals surface area contributed by atoms with E-state index in [1.165, 1.54) is 24.7 Å². The average Bonchev–Trinajstić information content (AvgIpc) is 1.78. The van der Waals surface area contributed by atoms with Crippen LogP contribution in [0, 0.1) is 23.7 Å². The van der Waals surface area contributed by atoms with E-state index in [-0.39, 0.29) is 61.7 Å². The molecule has 0 saturated carbocycles. The van der Waals surface area contributed by atoms with Crippen molar-refractivity contribution in [3.8, 4) is 5.75 Å². The SMILES string of the molecule is CC[C@H](C)[C@H](NC(=O)[C@H](CC(=O)O)NC(=O)[C@H](CC(C)C)NC(=O)[C@H](Cc1cnc[nH]1)NC(=O)[C@@H]1CSSC[C@H](N)C(=O)N[C@@H](C(C)C)C(=O)N[C@@H](Cc2ccc(O)cc2)C(=O)N[C@@H](Cc2ccccc2)C(=O)N1)C(=O)N[C@H](C(=O)N[C@@H](Cc1c[nH]c2ccccc12)C(=O)O)[C@@H](C)CC. The Morgan fingerprint density at radius 1 is 0.586 bits per heavy atom. The van der Waals surface area contributed by atoms with Crippen LogP contribution < -0.4 is 58.9 Å². The third-order valence-electron chi connectivity index (χ3n) is 17.0. The summed E-state index contributed by atoms with van der Waals surface area (Å²) in [5.74, 6) is -14.0. The maximum absolute atomic E-state index is 14.9. The lowest BCUT2D eigenvalue weighted by atomic mass is 9.94. The zero-order valence-electron chi connectivity index (χ0n) is 56.6. The zero-order valence-corrected chi connectivity index (χ0v) is 58.2. The minimum Gasteiger partial charge on any atom is -0.508 e. The maximum Gasteiger partial charge on any atom is 0.326 e. The molecule has 0 spiro atoms. The van der Waals surface area contributed by atoms with Crippen molar-refractivity contribution < 1.29 is 72.9 Å². The highest BCUT2D eigenvalue weighted by Crippen LogP contribution is 2.25. The van der Waals surface area contributed by atoms with Crippen LogP contribution >= 0.6 is 21.6 Å². The summed E-state index contributed by atoms with van der Waals surface area (Å²) in [6, 6.07) is 6.02. The second kappa shape index (κ2) is 38.0. The quantitative estimate of drug-likeness (QED) is 0.0291. The van der Waals surface area contributed by atoms with E-state index >= 15 is 0 Å². The molecule has 6 rings (SSSR count). The normalized spacial score (nSPS) is 19.7. The lowest BCUT2D eigenvalue weighted by molar-refractivity contribution is -0.142. The Kier molecular flexibility index (Phi) is 30.2. The Hall–Kier alpha value is -9.49. The molecule has 1 saturated heterocycles. The molecule has 0 unspecified atom stereocenters. The van der Waals surface area contributed by atoms with Crippen LogP contribution in [0.3, 0.4) is 0 Å². The molecule has 31 heteroatoms. The molecule has 17 N–H and O–H groups in total. The number of aromatic nitrogens is 3. The number of hydrogen-bond donors (Lipinski definition) is 16. The van der Waals surface area contributed by atoms with Gasteiger partial charge in [0.15, 0.2) is 0 Å². The topological polar surface area (TPSA) is 456 Å². The van der Waals surface area contributed by atoms with Gasteiger partial charge in [-0.15, -0.1) is 0 Å². The summed E-state index contributed by atoms with van der Waals surface area (Å²) in [6.45, 7) is 13.6. The molecule has 1 aliphatic heterocycles. The van der Waals surface area contributed by atoms with Crippen molar-refractivity contribution in [2.24, 2.45) is 29.4 Å². The van der Waals surface area contributed by atoms with Gasteiger partial charge in [-0.2, -0.15) is 0 Å². The number of fused-ring (bicyclic) bond motifs is 1. The molecule has 0 aliphatic carbocycles. The number of imidazole rings is 1. The fourth-order valence-electron chi connectivity index (χ4n) is 10.8. The summed E-state index contributed by atoms with van der Waals surface area (Å²) in [4.78, 5) is 179. The van der Waals surface area contributed by atoms with E-state index in [1.807, 2.05) is 18.2 Å². The first-order valence-corrected chi connectivity index (χ1v) is 35.4. The predicted molar refractivity (Wildman–Crippen MR) is 372 cm³/mol. The van der Waals surface area contributed by atoms with Gasteiger partial charge in [0.2, 0.25) is 59.1 Å². The van der Waals surface area contributed by atoms with Gasteiger partial charge in [-0.05, 0) is 65.0 Å². The third-order valence-corrected chi connectivity index (χ3v) is 19.4. The largest absolute Gasteiger partial charge is 0.508 e. The van der Waals surface area contributed by atoms with E-state index in [0.29, 0.717) is 28.8 Å². The number of aromatic amines is 2. The summed E-state index contributed by atoms with van der Waals surface area (Å²) in [6.07, 6.45) is 3.23. The van der Waals surface area contributed by atoms with Crippen LogP contribution in [0.25, 0.3) is 10.9 Å². The molecular weight excluding hydrogens is 1320 g/mol. The van der Waals surface area contributed by atoms with Crippen LogP contribution in [-0.4, -0.2) is 179 Å². The lowest BCUT2D eigenvalue weighted by Gasteiger charge is -2.31. The van der Waals surface area contributed by atoms with Gasteiger partial charge in [-0.1, -0.05) is 150 Å². The zero-order chi connectivity index (χ0) is 72.6. The van der Waals surface area contributed by atoms with Gasteiger partial charge in [0.1, 0.15) is 66.2 Å². The Labute approximate surface area is 581 Å². The summed E-state index contributed by atoms with van der Waals surface area (Å²) < 4.78 is 0. The number of rotatable bonds is 30. The van der Waals surface area contributed by atoms with Gasteiger partial charge < -0.3 is 84.2 Å². The summed E-state index contributed by atoms with van der Waals surface area (Å²) in [5, 5.41) is 57.8. The van der Waals surface area contributed by atoms with Gasteiger partial charge in [0.05, 0.1) is 18.8 Å². The van der Waals surface area contributed by atoms with Crippen LogP contribution in [0.1, 0.15) is 103 Å². The Morgan fingerprint density at radius 2 is 1.13 bits per heavy atom. The first-order chi connectivity index (χ1) is 47.0. The molecule has 10 amide bonds. The number of H-pyrrole nitrogens is 2. The molecule has 0 radical (unpaired) electrons. The fraction of sp³-hybridized carbons (Fsp3) is 0.485.